The summed E-state index contributed by atoms with van der Waals surface area (Å²) in [5.41, 5.74) is 2.58. The molecule has 0 radical (unpaired) electrons. The molecule has 2 heterocycles. The maximum Gasteiger partial charge on any atom is 0.265 e. The van der Waals surface area contributed by atoms with Gasteiger partial charge in [0.15, 0.2) is 6.10 Å². The summed E-state index contributed by atoms with van der Waals surface area (Å²) >= 11 is 1.44. The smallest absolute Gasteiger partial charge is 0.265 e. The van der Waals surface area contributed by atoms with E-state index in [0.29, 0.717) is 17.9 Å². The van der Waals surface area contributed by atoms with E-state index in [2.05, 4.69) is 10.6 Å². The molecular weight excluding hydrogens is 324 g/mol. The number of anilines is 1. The summed E-state index contributed by atoms with van der Waals surface area (Å²) in [6.07, 6.45) is 0.144. The fourth-order valence-corrected chi connectivity index (χ4v) is 3.48. The Morgan fingerprint density at radius 3 is 2.88 bits per heavy atom. The Balaban J connectivity index is 1.77. The van der Waals surface area contributed by atoms with E-state index in [9.17, 15) is 9.59 Å². The lowest BCUT2D eigenvalue weighted by molar-refractivity contribution is -0.123. The zero-order valence-electron chi connectivity index (χ0n) is 13.9. The second-order valence-corrected chi connectivity index (χ2v) is 6.80. The molecule has 3 rings (SSSR count). The molecule has 126 valence electrons. The van der Waals surface area contributed by atoms with Crippen LogP contribution < -0.4 is 15.4 Å². The average molecular weight is 344 g/mol. The second-order valence-electron chi connectivity index (χ2n) is 5.89. The number of fused-ring (bicyclic) bond motifs is 1. The van der Waals surface area contributed by atoms with Crippen molar-refractivity contribution < 1.29 is 14.3 Å². The fourth-order valence-electron chi connectivity index (χ4n) is 2.65. The predicted octanol–water partition coefficient (Wildman–Crippen LogP) is 3.66. The molecule has 1 aliphatic rings. The Morgan fingerprint density at radius 1 is 1.42 bits per heavy atom. The van der Waals surface area contributed by atoms with Crippen LogP contribution >= 0.6 is 11.3 Å². The van der Waals surface area contributed by atoms with Crippen LogP contribution in [0.4, 0.5) is 5.69 Å². The second kappa shape index (κ2) is 6.65. The lowest BCUT2D eigenvalue weighted by atomic mass is 10.1. The van der Waals surface area contributed by atoms with E-state index < -0.39 is 6.10 Å². The van der Waals surface area contributed by atoms with E-state index >= 15 is 0 Å². The average Bonchev–Trinajstić information content (AvgIpc) is 2.99. The van der Waals surface area contributed by atoms with Gasteiger partial charge in [-0.05, 0) is 55.0 Å². The number of nitrogens with one attached hydrogen (secondary N) is 2. The van der Waals surface area contributed by atoms with Crippen LogP contribution in [0, 0.1) is 6.92 Å². The topological polar surface area (TPSA) is 67.4 Å². The van der Waals surface area contributed by atoms with Crippen molar-refractivity contribution in [1.29, 1.82) is 0 Å². The third-order valence-corrected chi connectivity index (χ3v) is 5.13. The normalized spacial score (nSPS) is 17.5. The summed E-state index contributed by atoms with van der Waals surface area (Å²) in [6, 6.07) is 7.36. The Kier molecular flexibility index (Phi) is 4.57. The Hall–Kier alpha value is -2.34. The number of rotatable bonds is 4. The van der Waals surface area contributed by atoms with Gasteiger partial charge in [-0.15, -0.1) is 11.3 Å². The highest BCUT2D eigenvalue weighted by Crippen LogP contribution is 2.33. The highest BCUT2D eigenvalue weighted by Gasteiger charge is 2.26. The summed E-state index contributed by atoms with van der Waals surface area (Å²) in [6.45, 7) is 5.77. The van der Waals surface area contributed by atoms with Crippen LogP contribution in [-0.2, 0) is 4.79 Å². The molecule has 0 bridgehead atoms. The number of thiophene rings is 1. The van der Waals surface area contributed by atoms with Gasteiger partial charge in [0, 0.05) is 0 Å². The minimum absolute atomic E-state index is 0.0756. The molecule has 1 aromatic heterocycles. The first-order valence-corrected chi connectivity index (χ1v) is 8.84. The molecule has 0 spiro atoms. The quantitative estimate of drug-likeness (QED) is 0.889. The predicted molar refractivity (Wildman–Crippen MR) is 94.7 cm³/mol. The van der Waals surface area contributed by atoms with Crippen molar-refractivity contribution >= 4 is 28.8 Å². The Labute approximate surface area is 145 Å². The third-order valence-electron chi connectivity index (χ3n) is 4.11. The minimum Gasteiger partial charge on any atom is -0.478 e. The number of aryl methyl sites for hydroxylation is 1. The number of amides is 2. The van der Waals surface area contributed by atoms with Crippen molar-refractivity contribution in [2.75, 3.05) is 5.32 Å². The van der Waals surface area contributed by atoms with Crippen molar-refractivity contribution in [3.05, 3.63) is 45.6 Å². The zero-order valence-corrected chi connectivity index (χ0v) is 14.7. The summed E-state index contributed by atoms with van der Waals surface area (Å²) < 4.78 is 5.76. The monoisotopic (exact) mass is 344 g/mol. The molecule has 2 atom stereocenters. The highest BCUT2D eigenvalue weighted by molar-refractivity contribution is 7.12. The molecule has 1 aromatic carbocycles. The largest absolute Gasteiger partial charge is 0.478 e. The van der Waals surface area contributed by atoms with Gasteiger partial charge < -0.3 is 15.4 Å². The first kappa shape index (κ1) is 16.5. The van der Waals surface area contributed by atoms with Gasteiger partial charge in [0.1, 0.15) is 5.75 Å². The number of carbonyl (C=O) groups is 2. The molecule has 0 fully saturated rings. The van der Waals surface area contributed by atoms with Crippen LogP contribution in [0.25, 0.3) is 0 Å². The van der Waals surface area contributed by atoms with Crippen molar-refractivity contribution in [1.82, 2.24) is 5.32 Å². The van der Waals surface area contributed by atoms with E-state index in [0.717, 1.165) is 16.0 Å². The molecule has 2 amide bonds. The molecule has 0 unspecified atom stereocenters. The summed E-state index contributed by atoms with van der Waals surface area (Å²) in [5.74, 6) is 0.452. The number of ether oxygens (including phenoxy) is 1. The summed E-state index contributed by atoms with van der Waals surface area (Å²) in [7, 11) is 0. The van der Waals surface area contributed by atoms with Crippen molar-refractivity contribution in [3.8, 4) is 5.75 Å². The first-order valence-electron chi connectivity index (χ1n) is 7.96. The maximum atomic E-state index is 12.4. The fraction of sp³-hybridized carbons (Fsp3) is 0.333. The zero-order chi connectivity index (χ0) is 17.3. The number of hydrogen-bond acceptors (Lipinski definition) is 4. The maximum absolute atomic E-state index is 12.4. The van der Waals surface area contributed by atoms with Gasteiger partial charge in [0.05, 0.1) is 16.6 Å². The molecule has 2 aromatic rings. The van der Waals surface area contributed by atoms with Gasteiger partial charge >= 0.3 is 0 Å². The number of benzene rings is 1. The molecule has 24 heavy (non-hydrogen) atoms. The van der Waals surface area contributed by atoms with Gasteiger partial charge in [-0.1, -0.05) is 13.0 Å². The van der Waals surface area contributed by atoms with E-state index in [1.54, 1.807) is 0 Å². The first-order chi connectivity index (χ1) is 11.5. The van der Waals surface area contributed by atoms with Crippen LogP contribution in [0.15, 0.2) is 29.6 Å². The molecule has 5 nitrogen and oxygen atoms in total. The van der Waals surface area contributed by atoms with E-state index in [1.807, 2.05) is 50.4 Å². The molecule has 0 saturated heterocycles. The van der Waals surface area contributed by atoms with Crippen molar-refractivity contribution in [2.45, 2.75) is 39.3 Å². The molecule has 0 aliphatic carbocycles. The number of hydrogen-bond donors (Lipinski definition) is 2. The minimum atomic E-state index is -0.466. The molecular formula is C18H20N2O3S. The van der Waals surface area contributed by atoms with E-state index in [4.69, 9.17) is 4.74 Å². The Morgan fingerprint density at radius 2 is 2.21 bits per heavy atom. The van der Waals surface area contributed by atoms with Crippen molar-refractivity contribution in [3.63, 3.8) is 0 Å². The van der Waals surface area contributed by atoms with Gasteiger partial charge in [0.25, 0.3) is 11.8 Å². The standard InChI is InChI=1S/C18H20N2O3S/c1-4-14-17(21)20-13-6-5-12(9-15(13)23-14)11(3)19-18(22)16-10(2)7-8-24-16/h5-9,11,14H,4H2,1-3H3,(H,19,22)(H,20,21)/t11-,14+/m0/s1. The van der Waals surface area contributed by atoms with Gasteiger partial charge in [-0.25, -0.2) is 0 Å². The van der Waals surface area contributed by atoms with Gasteiger partial charge in [-0.2, -0.15) is 0 Å². The van der Waals surface area contributed by atoms with E-state index in [1.165, 1.54) is 11.3 Å². The molecule has 0 saturated carbocycles. The van der Waals surface area contributed by atoms with Crippen LogP contribution in [0.2, 0.25) is 0 Å². The van der Waals surface area contributed by atoms with Crippen LogP contribution in [0.5, 0.6) is 5.75 Å². The lowest BCUT2D eigenvalue weighted by Crippen LogP contribution is -2.36. The Bertz CT molecular complexity index is 784. The SMILES string of the molecule is CC[C@H]1Oc2cc([C@H](C)NC(=O)c3sccc3C)ccc2NC1=O. The molecule has 6 heteroatoms. The van der Waals surface area contributed by atoms with Crippen LogP contribution in [0.3, 0.4) is 0 Å². The van der Waals surface area contributed by atoms with Crippen LogP contribution in [-0.4, -0.2) is 17.9 Å². The summed E-state index contributed by atoms with van der Waals surface area (Å²) in [5, 5.41) is 7.77. The molecule has 2 N–H and O–H groups in total. The highest BCUT2D eigenvalue weighted by atomic mass is 32.1. The third kappa shape index (κ3) is 3.14. The van der Waals surface area contributed by atoms with E-state index in [-0.39, 0.29) is 17.9 Å². The summed E-state index contributed by atoms with van der Waals surface area (Å²) in [4.78, 5) is 24.9. The van der Waals surface area contributed by atoms with Gasteiger partial charge in [-0.3, -0.25) is 9.59 Å². The van der Waals surface area contributed by atoms with Crippen LogP contribution in [0.1, 0.15) is 47.1 Å². The van der Waals surface area contributed by atoms with Gasteiger partial charge in [0.2, 0.25) is 0 Å². The lowest BCUT2D eigenvalue weighted by Gasteiger charge is -2.26. The van der Waals surface area contributed by atoms with Crippen molar-refractivity contribution in [2.24, 2.45) is 0 Å². The molecule has 1 aliphatic heterocycles. The number of carbonyl (C=O) groups excluding carboxylic acids is 2.